The minimum absolute atomic E-state index is 0.0750. The van der Waals surface area contributed by atoms with Crippen LogP contribution in [0.2, 0.25) is 0 Å². The van der Waals surface area contributed by atoms with E-state index in [9.17, 15) is 15.0 Å². The van der Waals surface area contributed by atoms with Crippen molar-refractivity contribution < 1.29 is 15.0 Å². The highest BCUT2D eigenvalue weighted by atomic mass is 16.3. The molecule has 0 radical (unpaired) electrons. The van der Waals surface area contributed by atoms with Crippen LogP contribution in [0.1, 0.15) is 284 Å². The van der Waals surface area contributed by atoms with Crippen LogP contribution in [0.15, 0.2) is 36.5 Å². The van der Waals surface area contributed by atoms with Crippen LogP contribution in [-0.4, -0.2) is 34.9 Å². The van der Waals surface area contributed by atoms with Crippen LogP contribution in [0.3, 0.4) is 0 Å². The molecule has 58 heavy (non-hydrogen) atoms. The molecule has 0 bridgehead atoms. The van der Waals surface area contributed by atoms with Crippen molar-refractivity contribution in [1.29, 1.82) is 0 Å². The van der Waals surface area contributed by atoms with E-state index < -0.39 is 12.1 Å². The molecular weight excluding hydrogens is 711 g/mol. The molecule has 2 unspecified atom stereocenters. The molecule has 342 valence electrons. The Bertz CT molecular complexity index is 882. The van der Waals surface area contributed by atoms with Gasteiger partial charge in [-0.2, -0.15) is 0 Å². The number of hydrogen-bond donors (Lipinski definition) is 3. The van der Waals surface area contributed by atoms with E-state index in [0.717, 1.165) is 32.1 Å². The van der Waals surface area contributed by atoms with Crippen LogP contribution < -0.4 is 5.32 Å². The van der Waals surface area contributed by atoms with E-state index in [2.05, 4.69) is 43.5 Å². The first-order valence-corrected chi connectivity index (χ1v) is 26.2. The molecule has 0 saturated heterocycles. The van der Waals surface area contributed by atoms with Crippen molar-refractivity contribution >= 4 is 5.91 Å². The van der Waals surface area contributed by atoms with Crippen LogP contribution in [0.4, 0.5) is 0 Å². The van der Waals surface area contributed by atoms with Crippen molar-refractivity contribution in [2.24, 2.45) is 0 Å². The van der Waals surface area contributed by atoms with Crippen molar-refractivity contribution in [1.82, 2.24) is 5.32 Å². The lowest BCUT2D eigenvalue weighted by Gasteiger charge is -2.19. The van der Waals surface area contributed by atoms with E-state index in [4.69, 9.17) is 0 Å². The summed E-state index contributed by atoms with van der Waals surface area (Å²) in [4.78, 5) is 12.4. The Morgan fingerprint density at radius 3 is 1.00 bits per heavy atom. The monoisotopic (exact) mass is 814 g/mol. The van der Waals surface area contributed by atoms with Crippen molar-refractivity contribution in [2.45, 2.75) is 296 Å². The Kier molecular flexibility index (Phi) is 48.8. The summed E-state index contributed by atoms with van der Waals surface area (Å²) in [6.45, 7) is 4.32. The van der Waals surface area contributed by atoms with Crippen molar-refractivity contribution in [3.05, 3.63) is 36.5 Å². The predicted molar refractivity (Wildman–Crippen MR) is 258 cm³/mol. The Morgan fingerprint density at radius 1 is 0.397 bits per heavy atom. The molecular formula is C54H103NO3. The number of rotatable bonds is 48. The number of carbonyl (C=O) groups is 1. The Balaban J connectivity index is 3.55. The fourth-order valence-corrected chi connectivity index (χ4v) is 8.07. The summed E-state index contributed by atoms with van der Waals surface area (Å²) in [5.74, 6) is -0.0750. The summed E-state index contributed by atoms with van der Waals surface area (Å²) < 4.78 is 0. The minimum Gasteiger partial charge on any atom is -0.394 e. The van der Waals surface area contributed by atoms with E-state index in [-0.39, 0.29) is 12.5 Å². The van der Waals surface area contributed by atoms with Crippen LogP contribution >= 0.6 is 0 Å². The molecule has 0 aliphatic heterocycles. The number of unbranched alkanes of at least 4 members (excludes halogenated alkanes) is 37. The standard InChI is InChI=1S/C54H103NO3/c1-3-5-7-9-11-13-15-17-19-21-23-25-27-28-29-31-33-35-37-39-41-43-45-47-49-53(57)52(51-56)55-54(58)50-48-46-44-42-40-38-36-34-32-30-26-24-22-20-18-16-14-12-10-8-6-4-2/h30,32,39,41,47,49,52-53,56-57H,3-29,31,33-38,40,42-46,48,50-51H2,1-2H3,(H,55,58)/b32-30-,41-39+,49-47+. The van der Waals surface area contributed by atoms with Crippen molar-refractivity contribution in [3.8, 4) is 0 Å². The minimum atomic E-state index is -0.864. The second-order valence-corrected chi connectivity index (χ2v) is 17.9. The Morgan fingerprint density at radius 2 is 0.672 bits per heavy atom. The van der Waals surface area contributed by atoms with Gasteiger partial charge in [0.15, 0.2) is 0 Å². The number of aliphatic hydroxyl groups is 2. The molecule has 2 atom stereocenters. The van der Waals surface area contributed by atoms with Gasteiger partial charge >= 0.3 is 0 Å². The molecule has 1 amide bonds. The van der Waals surface area contributed by atoms with Crippen LogP contribution in [-0.2, 0) is 4.79 Å². The third-order valence-electron chi connectivity index (χ3n) is 12.1. The first kappa shape index (κ1) is 56.6. The van der Waals surface area contributed by atoms with E-state index in [1.807, 2.05) is 6.08 Å². The molecule has 4 heteroatoms. The van der Waals surface area contributed by atoms with Gasteiger partial charge in [0.05, 0.1) is 18.8 Å². The van der Waals surface area contributed by atoms with Gasteiger partial charge in [-0.3, -0.25) is 4.79 Å². The molecule has 0 saturated carbocycles. The highest BCUT2D eigenvalue weighted by Crippen LogP contribution is 2.16. The fraction of sp³-hybridized carbons (Fsp3) is 0.870. The predicted octanol–water partition coefficient (Wildman–Crippen LogP) is 16.9. The van der Waals surface area contributed by atoms with Gasteiger partial charge < -0.3 is 15.5 Å². The quantitative estimate of drug-likeness (QED) is 0.0423. The van der Waals surface area contributed by atoms with Gasteiger partial charge in [-0.15, -0.1) is 0 Å². The first-order valence-electron chi connectivity index (χ1n) is 26.2. The zero-order valence-electron chi connectivity index (χ0n) is 39.3. The fourth-order valence-electron chi connectivity index (χ4n) is 8.07. The molecule has 0 aliphatic rings. The maximum Gasteiger partial charge on any atom is 0.220 e. The first-order chi connectivity index (χ1) is 28.7. The number of amides is 1. The topological polar surface area (TPSA) is 69.6 Å². The maximum atomic E-state index is 12.4. The number of allylic oxidation sites excluding steroid dienone is 5. The third-order valence-corrected chi connectivity index (χ3v) is 12.1. The lowest BCUT2D eigenvalue weighted by atomic mass is 10.0. The van der Waals surface area contributed by atoms with E-state index >= 15 is 0 Å². The van der Waals surface area contributed by atoms with E-state index in [1.54, 1.807) is 6.08 Å². The van der Waals surface area contributed by atoms with Gasteiger partial charge in [-0.1, -0.05) is 256 Å². The van der Waals surface area contributed by atoms with Crippen LogP contribution in [0, 0.1) is 0 Å². The average Bonchev–Trinajstić information content (AvgIpc) is 3.23. The lowest BCUT2D eigenvalue weighted by molar-refractivity contribution is -0.123. The largest absolute Gasteiger partial charge is 0.394 e. The van der Waals surface area contributed by atoms with Crippen molar-refractivity contribution in [2.75, 3.05) is 6.61 Å². The summed E-state index contributed by atoms with van der Waals surface area (Å²) in [5.41, 5.74) is 0. The number of hydrogen-bond acceptors (Lipinski definition) is 3. The molecule has 0 aromatic rings. The smallest absolute Gasteiger partial charge is 0.220 e. The Labute approximate surface area is 363 Å². The SMILES string of the molecule is CCCCCCCCCCCCC/C=C\CCCCCCCCCC(=O)NC(CO)C(O)/C=C/CC/C=C/CCCCCCCCCCCCCCCCCCCC. The van der Waals surface area contributed by atoms with Gasteiger partial charge in [0.2, 0.25) is 5.91 Å². The second kappa shape index (κ2) is 50.0. The highest BCUT2D eigenvalue weighted by Gasteiger charge is 2.17. The summed E-state index contributed by atoms with van der Waals surface area (Å²) in [6, 6.07) is -0.641. The molecule has 0 aliphatic carbocycles. The molecule has 0 aromatic heterocycles. The number of carbonyl (C=O) groups excluding carboxylic acids is 1. The van der Waals surface area contributed by atoms with Crippen LogP contribution in [0.25, 0.3) is 0 Å². The molecule has 0 heterocycles. The summed E-state index contributed by atoms with van der Waals surface area (Å²) in [7, 11) is 0. The maximum absolute atomic E-state index is 12.4. The van der Waals surface area contributed by atoms with Crippen LogP contribution in [0.5, 0.6) is 0 Å². The summed E-state index contributed by atoms with van der Waals surface area (Å²) in [6.07, 6.45) is 67.2. The van der Waals surface area contributed by atoms with Gasteiger partial charge in [-0.25, -0.2) is 0 Å². The lowest BCUT2D eigenvalue weighted by Crippen LogP contribution is -2.45. The van der Waals surface area contributed by atoms with Gasteiger partial charge in [0.25, 0.3) is 0 Å². The van der Waals surface area contributed by atoms with Gasteiger partial charge in [0.1, 0.15) is 0 Å². The zero-order valence-corrected chi connectivity index (χ0v) is 39.3. The zero-order chi connectivity index (χ0) is 42.1. The van der Waals surface area contributed by atoms with Gasteiger partial charge in [-0.05, 0) is 57.8 Å². The van der Waals surface area contributed by atoms with E-state index in [1.165, 1.54) is 231 Å². The third kappa shape index (κ3) is 45.7. The number of nitrogens with one attached hydrogen (secondary N) is 1. The average molecular weight is 814 g/mol. The molecule has 0 spiro atoms. The van der Waals surface area contributed by atoms with Gasteiger partial charge in [0, 0.05) is 6.42 Å². The number of aliphatic hydroxyl groups excluding tert-OH is 2. The Hall–Kier alpha value is -1.39. The highest BCUT2D eigenvalue weighted by molar-refractivity contribution is 5.76. The molecule has 3 N–H and O–H groups in total. The molecule has 4 nitrogen and oxygen atoms in total. The molecule has 0 fully saturated rings. The molecule has 0 aromatic carbocycles. The van der Waals surface area contributed by atoms with Crippen molar-refractivity contribution in [3.63, 3.8) is 0 Å². The van der Waals surface area contributed by atoms with E-state index in [0.29, 0.717) is 6.42 Å². The normalized spacial score (nSPS) is 13.1. The summed E-state index contributed by atoms with van der Waals surface area (Å²) >= 11 is 0. The second-order valence-electron chi connectivity index (χ2n) is 17.9. The molecule has 0 rings (SSSR count). The summed E-state index contributed by atoms with van der Waals surface area (Å²) in [5, 5.41) is 23.1.